The summed E-state index contributed by atoms with van der Waals surface area (Å²) in [4.78, 5) is 18.0. The number of rotatable bonds is 11. The molecule has 84 heavy (non-hydrogen) atoms. The Bertz CT molecular complexity index is 1880. The van der Waals surface area contributed by atoms with Crippen molar-refractivity contribution >= 4 is 0 Å². The van der Waals surface area contributed by atoms with Crippen molar-refractivity contribution in [1.82, 2.24) is 50.8 Å². The third-order valence-electron chi connectivity index (χ3n) is 15.7. The molecule has 0 radical (unpaired) electrons. The van der Waals surface area contributed by atoms with Crippen LogP contribution in [0.5, 0.6) is 0 Å². The Morgan fingerprint density at radius 3 is 1.36 bits per heavy atom. The number of hydroxylamine groups is 2. The van der Waals surface area contributed by atoms with Gasteiger partial charge in [0, 0.05) is 129 Å². The summed E-state index contributed by atoms with van der Waals surface area (Å²) in [5.41, 5.74) is 4.49. The van der Waals surface area contributed by atoms with Gasteiger partial charge in [-0.25, -0.2) is 0 Å². The number of β-amino-alcohol motifs (C(OH)–C–C–N with tert-alkyl or cyclic N) is 1. The molecule has 6 saturated heterocycles. The fourth-order valence-electron chi connectivity index (χ4n) is 10.5. The van der Waals surface area contributed by atoms with E-state index in [4.69, 9.17) is 9.57 Å². The molecule has 0 spiro atoms. The van der Waals surface area contributed by atoms with Crippen LogP contribution in [0.2, 0.25) is 0 Å². The molecule has 490 valence electrons. The van der Waals surface area contributed by atoms with Crippen molar-refractivity contribution in [3.05, 3.63) is 71.8 Å². The minimum Gasteiger partial charge on any atom is -0.392 e. The number of hydrogen-bond acceptors (Lipinski definition) is 13. The molecule has 2 unspecified atom stereocenters. The lowest BCUT2D eigenvalue weighted by Crippen LogP contribution is -2.65. The van der Waals surface area contributed by atoms with Gasteiger partial charge in [-0.2, -0.15) is 5.06 Å². The number of piperidine rings is 1. The Kier molecular flexibility index (Phi) is 35.7. The van der Waals surface area contributed by atoms with Crippen LogP contribution in [0.25, 0.3) is 0 Å². The molecule has 0 saturated carbocycles. The Morgan fingerprint density at radius 2 is 0.952 bits per heavy atom. The second-order valence-electron chi connectivity index (χ2n) is 31.7. The second kappa shape index (κ2) is 38.5. The SMILES string of the molecule is CC(C)(C)N1CC(N2CCOCC2)C1.CC(C)(C)N1CCCC1.CC(C)(C)N1CCCCO1.CC(C)(C)NCCN1CCC(O)C1.CC(C)(C)NCCN1CCCCC1.CC(C)(C)NCc1ccccc1.CC(NC(C)(C)C)c1ccccc1. The minimum atomic E-state index is -0.0883. The van der Waals surface area contributed by atoms with Gasteiger partial charge in [0.05, 0.1) is 25.9 Å². The number of morpholine rings is 1. The summed E-state index contributed by atoms with van der Waals surface area (Å²) in [5.74, 6) is 0. The molecule has 6 fully saturated rings. The summed E-state index contributed by atoms with van der Waals surface area (Å²) in [6.45, 7) is 69.8. The number of ether oxygens (including phenoxy) is 1. The molecule has 2 aromatic carbocycles. The zero-order valence-corrected chi connectivity index (χ0v) is 59.0. The summed E-state index contributed by atoms with van der Waals surface area (Å²) in [6.07, 6.45) is 10.4. The summed E-state index contributed by atoms with van der Waals surface area (Å²) < 4.78 is 5.36. The number of aliphatic hydroxyl groups is 1. The van der Waals surface area contributed by atoms with Gasteiger partial charge in [-0.1, -0.05) is 67.1 Å². The summed E-state index contributed by atoms with van der Waals surface area (Å²) >= 11 is 0. The van der Waals surface area contributed by atoms with Gasteiger partial charge in [0.1, 0.15) is 0 Å². The highest BCUT2D eigenvalue weighted by Gasteiger charge is 2.38. The molecule has 5 N–H and O–H groups in total. The zero-order chi connectivity index (χ0) is 63.3. The third-order valence-corrected chi connectivity index (χ3v) is 15.7. The average molecular weight is 1180 g/mol. The molecule has 8 rings (SSSR count). The molecule has 0 amide bonds. The van der Waals surface area contributed by atoms with Crippen LogP contribution in [0.4, 0.5) is 0 Å². The number of nitrogens with one attached hydrogen (secondary N) is 4. The molecule has 6 heterocycles. The molecule has 6 aliphatic rings. The molecule has 0 aromatic heterocycles. The number of nitrogens with zero attached hydrogens (tertiary/aromatic N) is 6. The first kappa shape index (κ1) is 78.0. The number of aliphatic hydroxyl groups excluding tert-OH is 1. The maximum absolute atomic E-state index is 9.30. The van der Waals surface area contributed by atoms with Crippen LogP contribution in [0.3, 0.4) is 0 Å². The Morgan fingerprint density at radius 1 is 0.476 bits per heavy atom. The van der Waals surface area contributed by atoms with Crippen LogP contribution in [0, 0.1) is 0 Å². The van der Waals surface area contributed by atoms with E-state index in [2.05, 4.69) is 252 Å². The summed E-state index contributed by atoms with van der Waals surface area (Å²) in [7, 11) is 0. The maximum atomic E-state index is 9.30. The van der Waals surface area contributed by atoms with Crippen molar-refractivity contribution < 1.29 is 14.7 Å². The van der Waals surface area contributed by atoms with Gasteiger partial charge < -0.3 is 36.0 Å². The summed E-state index contributed by atoms with van der Waals surface area (Å²) in [5, 5.41) is 25.3. The van der Waals surface area contributed by atoms with Crippen LogP contribution < -0.4 is 21.3 Å². The largest absolute Gasteiger partial charge is 0.392 e. The van der Waals surface area contributed by atoms with Crippen LogP contribution in [-0.2, 0) is 16.1 Å². The van der Waals surface area contributed by atoms with Gasteiger partial charge in [0.15, 0.2) is 0 Å². The molecule has 2 aromatic rings. The van der Waals surface area contributed by atoms with E-state index in [9.17, 15) is 5.11 Å². The lowest BCUT2D eigenvalue weighted by atomic mass is 9.96. The molecular weight excluding hydrogens is 1040 g/mol. The predicted octanol–water partition coefficient (Wildman–Crippen LogP) is 12.5. The molecule has 0 bridgehead atoms. The second-order valence-corrected chi connectivity index (χ2v) is 31.7. The van der Waals surface area contributed by atoms with Gasteiger partial charge in [0.25, 0.3) is 0 Å². The van der Waals surface area contributed by atoms with Gasteiger partial charge in [-0.05, 0) is 235 Å². The zero-order valence-electron chi connectivity index (χ0n) is 59.0. The first-order valence-corrected chi connectivity index (χ1v) is 33.4. The molecule has 6 aliphatic heterocycles. The van der Waals surface area contributed by atoms with Crippen molar-refractivity contribution in [2.45, 2.75) is 267 Å². The van der Waals surface area contributed by atoms with Gasteiger partial charge in [0.2, 0.25) is 0 Å². The van der Waals surface area contributed by atoms with E-state index in [1.165, 1.54) is 102 Å². The van der Waals surface area contributed by atoms with Gasteiger partial charge >= 0.3 is 0 Å². The van der Waals surface area contributed by atoms with E-state index in [0.717, 1.165) is 91.2 Å². The highest BCUT2D eigenvalue weighted by atomic mass is 16.7. The highest BCUT2D eigenvalue weighted by Crippen LogP contribution is 2.25. The summed E-state index contributed by atoms with van der Waals surface area (Å²) in [6, 6.07) is 22.2. The standard InChI is InChI=1S/C12H19N.C11H22N2O.C11H24N2.C11H17N.C10H22N2O.C8H17NO.C8H17N/c1-10(13-12(2,3)4)11-8-6-5-7-9-11;1-11(2,3)13-8-10(9-13)12-4-6-14-7-5-12;1-11(2,3)12-7-10-13-8-5-4-6-9-13;1-11(2,3)12-9-10-7-5-4-6-8-10;1-10(2,3)11-5-7-12-6-4-9(13)8-12;1-8(2,3)9-6-4-5-7-10-9;1-8(2,3)9-6-4-5-7-9/h5-10,13H,1-4H3;10H,4-9H2,1-3H3;12H,4-10H2,1-3H3;4-8,12H,9H2,1-3H3;9,11,13H,4-8H2,1-3H3;4-7H2,1-3H3;4-7H2,1-3H3. The van der Waals surface area contributed by atoms with E-state index in [0.29, 0.717) is 17.1 Å². The highest BCUT2D eigenvalue weighted by molar-refractivity contribution is 5.18. The van der Waals surface area contributed by atoms with E-state index in [1.54, 1.807) is 0 Å². The molecule has 13 nitrogen and oxygen atoms in total. The molecule has 2 atom stereocenters. The molecule has 13 heteroatoms. The fraction of sp³-hybridized carbons (Fsp3) is 0.831. The van der Waals surface area contributed by atoms with E-state index < -0.39 is 0 Å². The fourth-order valence-corrected chi connectivity index (χ4v) is 10.5. The first-order chi connectivity index (χ1) is 38.9. The Labute approximate surface area is 520 Å². The van der Waals surface area contributed by atoms with Gasteiger partial charge in [-0.15, -0.1) is 0 Å². The molecular formula is C71H138N10O3. The van der Waals surface area contributed by atoms with Crippen molar-refractivity contribution in [2.75, 3.05) is 118 Å². The Balaban J connectivity index is 0.000000336. The topological polar surface area (TPSA) is 106 Å². The predicted molar refractivity (Wildman–Crippen MR) is 363 cm³/mol. The van der Waals surface area contributed by atoms with Gasteiger partial charge in [-0.3, -0.25) is 24.4 Å². The number of benzene rings is 2. The Hall–Kier alpha value is -2.08. The quantitative estimate of drug-likeness (QED) is 0.148. The number of likely N-dealkylation sites (tertiary alicyclic amines) is 4. The van der Waals surface area contributed by atoms with Crippen LogP contribution in [0.15, 0.2) is 60.7 Å². The minimum absolute atomic E-state index is 0.0883. The van der Waals surface area contributed by atoms with Crippen molar-refractivity contribution in [3.8, 4) is 0 Å². The van der Waals surface area contributed by atoms with Crippen molar-refractivity contribution in [3.63, 3.8) is 0 Å². The molecule has 0 aliphatic carbocycles. The average Bonchev–Trinajstić information content (AvgIpc) is 4.03. The van der Waals surface area contributed by atoms with E-state index in [-0.39, 0.29) is 33.8 Å². The van der Waals surface area contributed by atoms with E-state index >= 15 is 0 Å². The first-order valence-electron chi connectivity index (χ1n) is 33.4. The lowest BCUT2D eigenvalue weighted by molar-refractivity contribution is -0.227. The van der Waals surface area contributed by atoms with E-state index in [1.807, 2.05) is 12.1 Å². The smallest absolute Gasteiger partial charge is 0.0685 e. The normalized spacial score (nSPS) is 20.8. The maximum Gasteiger partial charge on any atom is 0.0685 e. The van der Waals surface area contributed by atoms with Crippen LogP contribution in [-0.4, -0.2) is 204 Å². The van der Waals surface area contributed by atoms with Crippen molar-refractivity contribution in [2.24, 2.45) is 0 Å². The number of hydrogen-bond donors (Lipinski definition) is 5. The van der Waals surface area contributed by atoms with Crippen LogP contribution >= 0.6 is 0 Å². The monoisotopic (exact) mass is 1180 g/mol. The third kappa shape index (κ3) is 39.0. The lowest BCUT2D eigenvalue weighted by Gasteiger charge is -2.52. The van der Waals surface area contributed by atoms with Crippen LogP contribution in [0.1, 0.15) is 221 Å². The van der Waals surface area contributed by atoms with Crippen molar-refractivity contribution in [1.29, 1.82) is 0 Å².